The van der Waals surface area contributed by atoms with Crippen molar-refractivity contribution >= 4 is 21.9 Å². The Balaban J connectivity index is 2.23. The molecule has 1 aliphatic carbocycles. The van der Waals surface area contributed by atoms with Gasteiger partial charge in [-0.2, -0.15) is 0 Å². The Morgan fingerprint density at radius 1 is 1.61 bits per heavy atom. The van der Waals surface area contributed by atoms with Crippen LogP contribution in [0.5, 0.6) is 0 Å². The van der Waals surface area contributed by atoms with Crippen LogP contribution < -0.4 is 0 Å². The summed E-state index contributed by atoms with van der Waals surface area (Å²) in [5, 5.41) is 9.61. The molecule has 2 unspecified atom stereocenters. The Morgan fingerprint density at radius 2 is 2.39 bits per heavy atom. The van der Waals surface area contributed by atoms with E-state index in [4.69, 9.17) is 0 Å². The van der Waals surface area contributed by atoms with Crippen molar-refractivity contribution in [1.29, 1.82) is 0 Å². The van der Waals surface area contributed by atoms with Gasteiger partial charge >= 0.3 is 5.97 Å². The summed E-state index contributed by atoms with van der Waals surface area (Å²) in [5.74, 6) is -0.163. The van der Waals surface area contributed by atoms with Crippen LogP contribution in [0.15, 0.2) is 22.9 Å². The minimum atomic E-state index is -0.658. The zero-order chi connectivity index (χ0) is 13.2. The van der Waals surface area contributed by atoms with E-state index in [1.807, 2.05) is 6.07 Å². The van der Waals surface area contributed by atoms with Crippen molar-refractivity contribution < 1.29 is 9.90 Å². The van der Waals surface area contributed by atoms with Crippen LogP contribution >= 0.6 is 15.9 Å². The fraction of sp³-hybridized carbons (Fsp3) is 0.571. The van der Waals surface area contributed by atoms with Crippen LogP contribution in [-0.4, -0.2) is 16.1 Å². The van der Waals surface area contributed by atoms with Crippen LogP contribution in [0.2, 0.25) is 0 Å². The van der Waals surface area contributed by atoms with Crippen LogP contribution in [0, 0.1) is 11.3 Å². The van der Waals surface area contributed by atoms with Crippen molar-refractivity contribution in [2.45, 2.75) is 39.0 Å². The number of aromatic nitrogens is 1. The van der Waals surface area contributed by atoms with Crippen molar-refractivity contribution in [3.63, 3.8) is 0 Å². The second-order valence-electron chi connectivity index (χ2n) is 5.48. The largest absolute Gasteiger partial charge is 0.481 e. The second-order valence-corrected chi connectivity index (χ2v) is 6.39. The Bertz CT molecular complexity index is 449. The predicted octanol–water partition coefficient (Wildman–Crippen LogP) is 3.67. The molecule has 18 heavy (non-hydrogen) atoms. The van der Waals surface area contributed by atoms with Crippen LogP contribution in [0.3, 0.4) is 0 Å². The first kappa shape index (κ1) is 13.5. The molecule has 1 aromatic heterocycles. The summed E-state index contributed by atoms with van der Waals surface area (Å²) in [5.41, 5.74) is 0.404. The molecule has 1 saturated carbocycles. The lowest BCUT2D eigenvalue weighted by Crippen LogP contribution is -2.38. The highest BCUT2D eigenvalue weighted by Crippen LogP contribution is 2.42. The molecule has 0 aromatic carbocycles. The number of carboxylic acids is 1. The summed E-state index contributed by atoms with van der Waals surface area (Å²) in [6.07, 6.45) is 7.78. The minimum Gasteiger partial charge on any atom is -0.481 e. The normalized spacial score (nSPS) is 28.0. The number of rotatable bonds is 3. The van der Waals surface area contributed by atoms with Gasteiger partial charge in [-0.25, -0.2) is 0 Å². The van der Waals surface area contributed by atoms with Crippen molar-refractivity contribution in [3.05, 3.63) is 28.5 Å². The van der Waals surface area contributed by atoms with E-state index in [-0.39, 0.29) is 0 Å². The molecule has 1 aliphatic rings. The third-order valence-electron chi connectivity index (χ3n) is 3.85. The standard InChI is InChI=1S/C14H18BrNO2/c1-10-3-2-4-14(6-10,13(17)18)7-11-5-12(15)9-16-8-11/h5,8-10H,2-4,6-7H2,1H3,(H,17,18). The van der Waals surface area contributed by atoms with Crippen molar-refractivity contribution in [2.24, 2.45) is 11.3 Å². The fourth-order valence-electron chi connectivity index (χ4n) is 3.03. The number of hydrogen-bond donors (Lipinski definition) is 1. The summed E-state index contributed by atoms with van der Waals surface area (Å²) >= 11 is 3.38. The van der Waals surface area contributed by atoms with Crippen molar-refractivity contribution in [2.75, 3.05) is 0 Å². The zero-order valence-corrected chi connectivity index (χ0v) is 12.1. The zero-order valence-electron chi connectivity index (χ0n) is 10.5. The Morgan fingerprint density at radius 3 is 3.00 bits per heavy atom. The van der Waals surface area contributed by atoms with Gasteiger partial charge in [-0.3, -0.25) is 9.78 Å². The number of aliphatic carboxylic acids is 1. The lowest BCUT2D eigenvalue weighted by molar-refractivity contribution is -0.152. The van der Waals surface area contributed by atoms with Crippen LogP contribution in [-0.2, 0) is 11.2 Å². The minimum absolute atomic E-state index is 0.495. The van der Waals surface area contributed by atoms with E-state index >= 15 is 0 Å². The molecule has 1 fully saturated rings. The quantitative estimate of drug-likeness (QED) is 0.926. The molecule has 0 aliphatic heterocycles. The third kappa shape index (κ3) is 2.91. The Labute approximate surface area is 116 Å². The SMILES string of the molecule is CC1CCCC(Cc2cncc(Br)c2)(C(=O)O)C1. The van der Waals surface area contributed by atoms with Crippen LogP contribution in [0.1, 0.15) is 38.2 Å². The number of halogens is 1. The summed E-state index contributed by atoms with van der Waals surface area (Å²) < 4.78 is 0.907. The summed E-state index contributed by atoms with van der Waals surface area (Å²) in [4.78, 5) is 15.8. The second kappa shape index (κ2) is 5.39. The number of hydrogen-bond acceptors (Lipinski definition) is 2. The molecule has 2 rings (SSSR count). The molecule has 0 bridgehead atoms. The molecule has 0 spiro atoms. The maximum absolute atomic E-state index is 11.7. The monoisotopic (exact) mass is 311 g/mol. The van der Waals surface area contributed by atoms with Gasteiger partial charge in [-0.1, -0.05) is 19.8 Å². The topological polar surface area (TPSA) is 50.2 Å². The molecular weight excluding hydrogens is 294 g/mol. The van der Waals surface area contributed by atoms with Crippen molar-refractivity contribution in [3.8, 4) is 0 Å². The molecule has 1 N–H and O–H groups in total. The molecule has 0 amide bonds. The van der Waals surface area contributed by atoms with E-state index in [1.165, 1.54) is 0 Å². The number of carboxylic acid groups (broad SMARTS) is 1. The highest BCUT2D eigenvalue weighted by molar-refractivity contribution is 9.10. The Kier molecular flexibility index (Phi) is 4.05. The molecular formula is C14H18BrNO2. The maximum Gasteiger partial charge on any atom is 0.309 e. The maximum atomic E-state index is 11.7. The van der Waals surface area contributed by atoms with Gasteiger partial charge in [0.05, 0.1) is 5.41 Å². The van der Waals surface area contributed by atoms with E-state index in [1.54, 1.807) is 12.4 Å². The van der Waals surface area contributed by atoms with Gasteiger partial charge in [-0.15, -0.1) is 0 Å². The first-order chi connectivity index (χ1) is 8.52. The van der Waals surface area contributed by atoms with Gasteiger partial charge in [0.25, 0.3) is 0 Å². The van der Waals surface area contributed by atoms with E-state index in [0.717, 1.165) is 35.7 Å². The number of carbonyl (C=O) groups is 1. The molecule has 0 radical (unpaired) electrons. The van der Waals surface area contributed by atoms with E-state index in [9.17, 15) is 9.90 Å². The molecule has 0 saturated heterocycles. The average molecular weight is 312 g/mol. The third-order valence-corrected chi connectivity index (χ3v) is 4.28. The van der Waals surface area contributed by atoms with Gasteiger partial charge in [0.2, 0.25) is 0 Å². The molecule has 3 nitrogen and oxygen atoms in total. The molecule has 1 heterocycles. The van der Waals surface area contributed by atoms with Crippen molar-refractivity contribution in [1.82, 2.24) is 4.98 Å². The molecule has 2 atom stereocenters. The smallest absolute Gasteiger partial charge is 0.309 e. The van der Waals surface area contributed by atoms with E-state index < -0.39 is 11.4 Å². The van der Waals surface area contributed by atoms with Gasteiger partial charge in [-0.05, 0) is 52.7 Å². The van der Waals surface area contributed by atoms with Gasteiger partial charge < -0.3 is 5.11 Å². The average Bonchev–Trinajstić information content (AvgIpc) is 2.28. The lowest BCUT2D eigenvalue weighted by atomic mass is 9.67. The van der Waals surface area contributed by atoms with E-state index in [2.05, 4.69) is 27.8 Å². The highest BCUT2D eigenvalue weighted by Gasteiger charge is 2.41. The summed E-state index contributed by atoms with van der Waals surface area (Å²) in [6, 6.07) is 1.97. The van der Waals surface area contributed by atoms with Gasteiger partial charge in [0.1, 0.15) is 0 Å². The fourth-order valence-corrected chi connectivity index (χ4v) is 3.45. The van der Waals surface area contributed by atoms with Crippen LogP contribution in [0.25, 0.3) is 0 Å². The Hall–Kier alpha value is -0.900. The predicted molar refractivity (Wildman–Crippen MR) is 73.3 cm³/mol. The summed E-state index contributed by atoms with van der Waals surface area (Å²) in [6.45, 7) is 2.15. The first-order valence-electron chi connectivity index (χ1n) is 6.35. The summed E-state index contributed by atoms with van der Waals surface area (Å²) in [7, 11) is 0. The highest BCUT2D eigenvalue weighted by atomic mass is 79.9. The lowest BCUT2D eigenvalue weighted by Gasteiger charge is -2.36. The molecule has 4 heteroatoms. The van der Waals surface area contributed by atoms with Gasteiger partial charge in [0.15, 0.2) is 0 Å². The van der Waals surface area contributed by atoms with E-state index in [0.29, 0.717) is 12.3 Å². The number of nitrogens with zero attached hydrogens (tertiary/aromatic N) is 1. The first-order valence-corrected chi connectivity index (χ1v) is 7.14. The number of pyridine rings is 1. The molecule has 1 aromatic rings. The van der Waals surface area contributed by atoms with Crippen LogP contribution in [0.4, 0.5) is 0 Å². The molecule has 98 valence electrons. The van der Waals surface area contributed by atoms with Gasteiger partial charge in [0, 0.05) is 16.9 Å².